The molecule has 4 aromatic carbocycles. The van der Waals surface area contributed by atoms with Gasteiger partial charge in [0.15, 0.2) is 0 Å². The van der Waals surface area contributed by atoms with E-state index in [0.717, 1.165) is 67.0 Å². The second-order valence-electron chi connectivity index (χ2n) is 12.0. The lowest BCUT2D eigenvalue weighted by molar-refractivity contribution is 0.555. The minimum absolute atomic E-state index is 0.297. The van der Waals surface area contributed by atoms with Crippen LogP contribution in [0.15, 0.2) is 85.5 Å². The predicted molar refractivity (Wildman–Crippen MR) is 187 cm³/mol. The van der Waals surface area contributed by atoms with Gasteiger partial charge in [-0.2, -0.15) is 0 Å². The van der Waals surface area contributed by atoms with E-state index in [-0.39, 0.29) is 0 Å². The van der Waals surface area contributed by atoms with Crippen molar-refractivity contribution >= 4 is 17.7 Å². The third-order valence-electron chi connectivity index (χ3n) is 9.21. The number of benzene rings is 4. The number of halogens is 1. The maximum Gasteiger partial charge on any atom is 0.0441 e. The average Bonchev–Trinajstić information content (AvgIpc) is 3.01. The van der Waals surface area contributed by atoms with Gasteiger partial charge in [-0.15, -0.1) is 0 Å². The maximum absolute atomic E-state index is 6.86. The van der Waals surface area contributed by atoms with Crippen molar-refractivity contribution in [3.63, 3.8) is 0 Å². The maximum atomic E-state index is 6.86. The summed E-state index contributed by atoms with van der Waals surface area (Å²) in [5.74, 6) is 0. The van der Waals surface area contributed by atoms with Crippen molar-refractivity contribution in [1.82, 2.24) is 10.6 Å². The van der Waals surface area contributed by atoms with Crippen LogP contribution in [0.4, 0.5) is 0 Å². The Kier molecular flexibility index (Phi) is 10.0. The third kappa shape index (κ3) is 6.88. The van der Waals surface area contributed by atoms with Gasteiger partial charge in [-0.25, -0.2) is 0 Å². The van der Waals surface area contributed by atoms with E-state index in [1.165, 1.54) is 55.6 Å². The molecule has 4 aromatic rings. The number of hydrogen-bond acceptors (Lipinski definition) is 2. The third-order valence-corrected chi connectivity index (χ3v) is 9.56. The van der Waals surface area contributed by atoms with Crippen molar-refractivity contribution in [3.8, 4) is 22.3 Å². The van der Waals surface area contributed by atoms with Gasteiger partial charge in [-0.3, -0.25) is 0 Å². The molecule has 2 N–H and O–H groups in total. The van der Waals surface area contributed by atoms with E-state index in [1.807, 2.05) is 6.08 Å². The Labute approximate surface area is 263 Å². The lowest BCUT2D eigenvalue weighted by Gasteiger charge is -2.20. The lowest BCUT2D eigenvalue weighted by Crippen LogP contribution is -2.28. The topological polar surface area (TPSA) is 24.1 Å². The van der Waals surface area contributed by atoms with Crippen LogP contribution in [0.5, 0.6) is 0 Å². The molecule has 0 bridgehead atoms. The first kappa shape index (κ1) is 31.0. The summed E-state index contributed by atoms with van der Waals surface area (Å²) in [6, 6.07) is 25.1. The van der Waals surface area contributed by atoms with Crippen LogP contribution < -0.4 is 10.6 Å². The minimum atomic E-state index is 0.297. The summed E-state index contributed by atoms with van der Waals surface area (Å²) >= 11 is 6.86. The normalized spacial score (nSPS) is 13.4. The highest BCUT2D eigenvalue weighted by molar-refractivity contribution is 6.31. The lowest BCUT2D eigenvalue weighted by atomic mass is 9.87. The molecule has 1 aliphatic rings. The fourth-order valence-corrected chi connectivity index (χ4v) is 6.80. The highest BCUT2D eigenvalue weighted by Gasteiger charge is 2.16. The predicted octanol–water partition coefficient (Wildman–Crippen LogP) is 9.81. The van der Waals surface area contributed by atoms with Gasteiger partial charge in [-0.1, -0.05) is 91.9 Å². The summed E-state index contributed by atoms with van der Waals surface area (Å²) in [6.45, 7) is 19.8. The van der Waals surface area contributed by atoms with Crippen molar-refractivity contribution in [2.75, 3.05) is 6.54 Å². The van der Waals surface area contributed by atoms with E-state index >= 15 is 0 Å². The summed E-state index contributed by atoms with van der Waals surface area (Å²) in [7, 11) is 0. The zero-order chi connectivity index (χ0) is 30.5. The van der Waals surface area contributed by atoms with Crippen LogP contribution in [0.2, 0.25) is 5.02 Å². The highest BCUT2D eigenvalue weighted by Crippen LogP contribution is 2.36. The van der Waals surface area contributed by atoms with Gasteiger partial charge in [0.1, 0.15) is 0 Å². The summed E-state index contributed by atoms with van der Waals surface area (Å²) in [6.07, 6.45) is 5.87. The fourth-order valence-electron chi connectivity index (χ4n) is 6.52. The first-order chi connectivity index (χ1) is 20.8. The van der Waals surface area contributed by atoms with E-state index in [0.29, 0.717) is 6.04 Å². The van der Waals surface area contributed by atoms with Crippen molar-refractivity contribution in [3.05, 3.63) is 135 Å². The molecule has 1 unspecified atom stereocenters. The van der Waals surface area contributed by atoms with Gasteiger partial charge in [-0.05, 0) is 138 Å². The van der Waals surface area contributed by atoms with Crippen molar-refractivity contribution in [2.45, 2.75) is 72.5 Å². The van der Waals surface area contributed by atoms with E-state index in [9.17, 15) is 0 Å². The van der Waals surface area contributed by atoms with E-state index in [2.05, 4.69) is 118 Å². The quantitative estimate of drug-likeness (QED) is 0.170. The summed E-state index contributed by atoms with van der Waals surface area (Å²) in [5.41, 5.74) is 16.8. The largest absolute Gasteiger partial charge is 0.312 e. The standard InChI is InChI=1S/C40H45ClN2/c1-7-29-21-33(39(41)23-35(29)25-43-40(8-2)26(3)4)18-15-30-11-9-13-37(27(30)5)38-14-10-12-36(28(38)6)32-17-16-31-19-20-42-24-34(31)22-32/h7,9-14,16-17,21-23,40,42-43H,1,3,8,15,18-20,24-25H2,2,4-6H3. The molecule has 1 aliphatic heterocycles. The number of nitrogens with one attached hydrogen (secondary N) is 2. The fraction of sp³-hybridized carbons (Fsp3) is 0.300. The zero-order valence-corrected chi connectivity index (χ0v) is 27.0. The zero-order valence-electron chi connectivity index (χ0n) is 26.2. The molecule has 43 heavy (non-hydrogen) atoms. The Morgan fingerprint density at radius 3 is 2.37 bits per heavy atom. The molecule has 0 saturated heterocycles. The molecule has 222 valence electrons. The summed E-state index contributed by atoms with van der Waals surface area (Å²) in [5, 5.41) is 7.96. The molecule has 0 saturated carbocycles. The molecule has 0 fully saturated rings. The van der Waals surface area contributed by atoms with Gasteiger partial charge in [0.05, 0.1) is 0 Å². The molecule has 0 radical (unpaired) electrons. The smallest absolute Gasteiger partial charge is 0.0441 e. The summed E-state index contributed by atoms with van der Waals surface area (Å²) in [4.78, 5) is 0. The number of fused-ring (bicyclic) bond motifs is 1. The van der Waals surface area contributed by atoms with Crippen molar-refractivity contribution in [1.29, 1.82) is 0 Å². The van der Waals surface area contributed by atoms with Crippen molar-refractivity contribution in [2.24, 2.45) is 0 Å². The van der Waals surface area contributed by atoms with Crippen LogP contribution in [0, 0.1) is 13.8 Å². The Balaban J connectivity index is 1.37. The number of hydrogen-bond donors (Lipinski definition) is 2. The molecule has 0 amide bonds. The van der Waals surface area contributed by atoms with Crippen molar-refractivity contribution < 1.29 is 0 Å². The van der Waals surface area contributed by atoms with Crippen LogP contribution >= 0.6 is 11.6 Å². The molecule has 0 aliphatic carbocycles. The average molecular weight is 589 g/mol. The number of rotatable bonds is 11. The molecule has 0 spiro atoms. The van der Waals surface area contributed by atoms with Crippen LogP contribution in [0.25, 0.3) is 28.3 Å². The Bertz CT molecular complexity index is 1650. The van der Waals surface area contributed by atoms with Gasteiger partial charge in [0.2, 0.25) is 0 Å². The SMILES string of the molecule is C=Cc1cc(CCc2cccc(-c3cccc(-c4ccc5c(c4)CNCC5)c3C)c2C)c(Cl)cc1CNC(CC)C(=C)C. The second kappa shape index (κ2) is 13.9. The summed E-state index contributed by atoms with van der Waals surface area (Å²) < 4.78 is 0. The second-order valence-corrected chi connectivity index (χ2v) is 12.4. The minimum Gasteiger partial charge on any atom is -0.312 e. The molecule has 1 atom stereocenters. The van der Waals surface area contributed by atoms with Crippen LogP contribution in [0.1, 0.15) is 64.8 Å². The first-order valence-electron chi connectivity index (χ1n) is 15.6. The molecular formula is C40H45ClN2. The number of aryl methyl sites for hydroxylation is 2. The van der Waals surface area contributed by atoms with Crippen LogP contribution in [-0.4, -0.2) is 12.6 Å². The van der Waals surface area contributed by atoms with Gasteiger partial charge >= 0.3 is 0 Å². The van der Waals surface area contributed by atoms with Gasteiger partial charge < -0.3 is 10.6 Å². The molecular weight excluding hydrogens is 544 g/mol. The van der Waals surface area contributed by atoms with Gasteiger partial charge in [0, 0.05) is 24.2 Å². The van der Waals surface area contributed by atoms with Gasteiger partial charge in [0.25, 0.3) is 0 Å². The van der Waals surface area contributed by atoms with E-state index in [4.69, 9.17) is 11.6 Å². The van der Waals surface area contributed by atoms with E-state index in [1.54, 1.807) is 0 Å². The molecule has 3 heteroatoms. The van der Waals surface area contributed by atoms with E-state index < -0.39 is 0 Å². The highest BCUT2D eigenvalue weighted by atomic mass is 35.5. The Morgan fingerprint density at radius 2 is 1.63 bits per heavy atom. The van der Waals surface area contributed by atoms with Crippen LogP contribution in [0.3, 0.4) is 0 Å². The molecule has 1 heterocycles. The monoisotopic (exact) mass is 588 g/mol. The van der Waals surface area contributed by atoms with Crippen LogP contribution in [-0.2, 0) is 32.4 Å². The Morgan fingerprint density at radius 1 is 0.907 bits per heavy atom. The Hall–Kier alpha value is -3.43. The molecule has 0 aromatic heterocycles. The molecule has 2 nitrogen and oxygen atoms in total. The molecule has 5 rings (SSSR count). The first-order valence-corrected chi connectivity index (χ1v) is 16.0.